The number of aromatic nitrogens is 1. The van der Waals surface area contributed by atoms with Crippen molar-refractivity contribution >= 4 is 29.1 Å². The molecule has 2 aliphatic heterocycles. The van der Waals surface area contributed by atoms with Gasteiger partial charge in [0.05, 0.1) is 36.1 Å². The van der Waals surface area contributed by atoms with Crippen molar-refractivity contribution in [3.05, 3.63) is 101 Å². The summed E-state index contributed by atoms with van der Waals surface area (Å²) in [4.78, 5) is 51.9. The molecule has 2 aliphatic carbocycles. The van der Waals surface area contributed by atoms with E-state index >= 15 is 0 Å². The van der Waals surface area contributed by atoms with Gasteiger partial charge in [-0.05, 0) is 86.1 Å². The molecule has 2 N–H and O–H groups in total. The summed E-state index contributed by atoms with van der Waals surface area (Å²) in [6.45, 7) is 5.20. The van der Waals surface area contributed by atoms with Crippen molar-refractivity contribution in [2.45, 2.75) is 63.7 Å². The normalized spacial score (nSPS) is 21.3. The Bertz CT molecular complexity index is 1990. The molecule has 1 unspecified atom stereocenters. The van der Waals surface area contributed by atoms with E-state index in [0.717, 1.165) is 56.8 Å². The number of nitrogens with zero attached hydrogens (tertiary/aromatic N) is 4. The minimum absolute atomic E-state index is 0.0910. The molecule has 7 rings (SSSR count). The third kappa shape index (κ3) is 9.93. The smallest absolute Gasteiger partial charge is 0.379 e. The number of alkyl halides is 3. The van der Waals surface area contributed by atoms with Crippen molar-refractivity contribution < 1.29 is 32.3 Å². The average Bonchev–Trinajstić information content (AvgIpc) is 3.24. The van der Waals surface area contributed by atoms with E-state index < -0.39 is 23.6 Å². The second-order valence-corrected chi connectivity index (χ2v) is 15.5. The molecule has 0 bridgehead atoms. The number of hydrogen-bond donors (Lipinski definition) is 2. The summed E-state index contributed by atoms with van der Waals surface area (Å²) in [5.74, 6) is -0.823. The molecule has 0 radical (unpaired) electrons. The molecular formula is C44H51F3N6O4. The van der Waals surface area contributed by atoms with E-state index in [9.17, 15) is 27.6 Å². The number of carbonyl (C=O) groups excluding carboxylic acids is 3. The van der Waals surface area contributed by atoms with Crippen molar-refractivity contribution in [1.29, 1.82) is 0 Å². The molecule has 3 amide bonds. The summed E-state index contributed by atoms with van der Waals surface area (Å²) >= 11 is 0. The average molecular weight is 785 g/mol. The number of hydrogen-bond acceptors (Lipinski definition) is 7. The highest BCUT2D eigenvalue weighted by molar-refractivity contribution is 6.02. The predicted molar refractivity (Wildman–Crippen MR) is 213 cm³/mol. The molecule has 3 atom stereocenters. The molecule has 302 valence electrons. The van der Waals surface area contributed by atoms with Gasteiger partial charge in [0.2, 0.25) is 5.91 Å². The lowest BCUT2D eigenvalue weighted by Gasteiger charge is -2.45. The van der Waals surface area contributed by atoms with Gasteiger partial charge in [0.25, 0.3) is 11.8 Å². The van der Waals surface area contributed by atoms with Crippen LogP contribution in [0.3, 0.4) is 0 Å². The monoisotopic (exact) mass is 784 g/mol. The van der Waals surface area contributed by atoms with Gasteiger partial charge in [-0.15, -0.1) is 0 Å². The number of likely N-dealkylation sites (N-methyl/N-ethyl adjacent to an activating group) is 1. The molecule has 3 heterocycles. The molecule has 3 fully saturated rings. The van der Waals surface area contributed by atoms with Gasteiger partial charge in [0.1, 0.15) is 0 Å². The van der Waals surface area contributed by atoms with Gasteiger partial charge in [0.15, 0.2) is 0 Å². The van der Waals surface area contributed by atoms with Gasteiger partial charge in [-0.25, -0.2) is 0 Å². The lowest BCUT2D eigenvalue weighted by molar-refractivity contribution is -0.137. The first-order valence-corrected chi connectivity index (χ1v) is 20.1. The van der Waals surface area contributed by atoms with Crippen LogP contribution in [0.5, 0.6) is 0 Å². The number of amides is 3. The van der Waals surface area contributed by atoms with Crippen molar-refractivity contribution in [3.8, 4) is 11.3 Å². The van der Waals surface area contributed by atoms with E-state index in [-0.39, 0.29) is 23.9 Å². The van der Waals surface area contributed by atoms with Gasteiger partial charge >= 0.3 is 6.18 Å². The highest BCUT2D eigenvalue weighted by Gasteiger charge is 2.34. The number of halogens is 3. The van der Waals surface area contributed by atoms with Crippen molar-refractivity contribution in [1.82, 2.24) is 20.1 Å². The van der Waals surface area contributed by atoms with Crippen LogP contribution in [0, 0.1) is 11.8 Å². The first-order chi connectivity index (χ1) is 27.5. The number of piperidine rings is 1. The Kier molecular flexibility index (Phi) is 12.7. The minimum atomic E-state index is -4.49. The van der Waals surface area contributed by atoms with Crippen molar-refractivity contribution in [2.24, 2.45) is 11.8 Å². The van der Waals surface area contributed by atoms with Crippen LogP contribution in [0.2, 0.25) is 0 Å². The molecule has 2 saturated heterocycles. The number of allylic oxidation sites excluding steroid dienone is 1. The fraction of sp³-hybridized carbons (Fsp3) is 0.455. The Morgan fingerprint density at radius 1 is 0.965 bits per heavy atom. The maximum atomic E-state index is 14.0. The summed E-state index contributed by atoms with van der Waals surface area (Å²) in [6, 6.07) is 14.5. The Morgan fingerprint density at radius 3 is 2.60 bits per heavy atom. The molecule has 0 spiro atoms. The number of anilines is 2. The summed E-state index contributed by atoms with van der Waals surface area (Å²) in [5.41, 5.74) is 2.94. The summed E-state index contributed by atoms with van der Waals surface area (Å²) < 4.78 is 45.3. The number of pyridine rings is 1. The molecule has 13 heteroatoms. The fourth-order valence-corrected chi connectivity index (χ4v) is 8.51. The number of carbonyl (C=O) groups is 3. The van der Waals surface area contributed by atoms with Crippen LogP contribution in [0.25, 0.3) is 11.3 Å². The second-order valence-electron chi connectivity index (χ2n) is 15.5. The highest BCUT2D eigenvalue weighted by atomic mass is 19.4. The van der Waals surface area contributed by atoms with E-state index in [1.54, 1.807) is 36.2 Å². The maximum Gasteiger partial charge on any atom is 0.416 e. The zero-order chi connectivity index (χ0) is 39.9. The fourth-order valence-electron chi connectivity index (χ4n) is 8.51. The third-order valence-electron chi connectivity index (χ3n) is 11.7. The van der Waals surface area contributed by atoms with E-state index in [0.29, 0.717) is 66.2 Å². The first kappa shape index (κ1) is 40.2. The number of fused-ring (bicyclic) bond motifs is 1. The second kappa shape index (κ2) is 18.1. The van der Waals surface area contributed by atoms with Crippen LogP contribution < -0.4 is 15.5 Å². The Hall–Kier alpha value is -5.01. The lowest BCUT2D eigenvalue weighted by atomic mass is 9.78. The molecule has 1 aromatic heterocycles. The maximum absolute atomic E-state index is 14.0. The number of rotatable bonds is 11. The molecule has 10 nitrogen and oxygen atoms in total. The molecule has 4 aliphatic rings. The van der Waals surface area contributed by atoms with Crippen molar-refractivity contribution in [2.75, 3.05) is 63.2 Å². The van der Waals surface area contributed by atoms with Gasteiger partial charge in [0, 0.05) is 80.9 Å². The molecule has 57 heavy (non-hydrogen) atoms. The first-order valence-electron chi connectivity index (χ1n) is 20.1. The predicted octanol–water partition coefficient (Wildman–Crippen LogP) is 7.09. The highest BCUT2D eigenvalue weighted by Crippen LogP contribution is 2.40. The summed E-state index contributed by atoms with van der Waals surface area (Å²) in [5, 5.41) is 5.86. The quantitative estimate of drug-likeness (QED) is 0.214. The number of nitrogens with one attached hydrogen (secondary N) is 2. The molecule has 2 aromatic carbocycles. The largest absolute Gasteiger partial charge is 0.416 e. The number of benzene rings is 2. The summed E-state index contributed by atoms with van der Waals surface area (Å²) in [7, 11) is 1.78. The Labute approximate surface area is 332 Å². The number of morpholine rings is 1. The van der Waals surface area contributed by atoms with Crippen LogP contribution in [0.4, 0.5) is 24.5 Å². The zero-order valence-corrected chi connectivity index (χ0v) is 32.4. The molecular weight excluding hydrogens is 734 g/mol. The lowest BCUT2D eigenvalue weighted by Crippen LogP contribution is -2.46. The van der Waals surface area contributed by atoms with E-state index in [2.05, 4.69) is 25.4 Å². The topological polar surface area (TPSA) is 107 Å². The molecule has 1 saturated carbocycles. The van der Waals surface area contributed by atoms with E-state index in [1.165, 1.54) is 44.0 Å². The van der Waals surface area contributed by atoms with Crippen LogP contribution >= 0.6 is 0 Å². The van der Waals surface area contributed by atoms with E-state index in [4.69, 9.17) is 4.74 Å². The summed E-state index contributed by atoms with van der Waals surface area (Å²) in [6.07, 6.45) is 9.95. The van der Waals surface area contributed by atoms with Gasteiger partial charge < -0.3 is 25.2 Å². The SMILES string of the molecule is CN(CCN1CCOCC1)C(=O)C1=CC(C(=O)Nc2ccc(N3CCC[C@H]4CCCC[C@@H]43)cc2-c2cc(C(=O)NCc3cccc(C(F)(F)F)c3)ccn2)CC=C1. The standard InChI is InChI=1S/C44H51F3N6O4/c1-51(19-20-52-21-23-57-24-22-52)43(56)34-10-5-9-32(26-34)42(55)50-38-15-14-36(53-18-6-11-31-8-2-3-13-40(31)53)28-37(38)39-27-33(16-17-48-39)41(54)49-29-30-7-4-12-35(25-30)44(45,46)47/h4-5,7,10,12,14-17,25-28,31-32,40H,2-3,6,8-9,11,13,18-24,29H2,1H3,(H,49,54)(H,50,55)/t31-,32?,40+/m1/s1. The van der Waals surface area contributed by atoms with Crippen LogP contribution in [0.15, 0.2) is 84.6 Å². The van der Waals surface area contributed by atoms with E-state index in [1.807, 2.05) is 24.3 Å². The van der Waals surface area contributed by atoms with Gasteiger partial charge in [-0.3, -0.25) is 24.3 Å². The Balaban J connectivity index is 1.11. The van der Waals surface area contributed by atoms with Gasteiger partial charge in [-0.2, -0.15) is 13.2 Å². The third-order valence-corrected chi connectivity index (χ3v) is 11.7. The minimum Gasteiger partial charge on any atom is -0.379 e. The van der Waals surface area contributed by atoms with Crippen LogP contribution in [-0.2, 0) is 27.0 Å². The van der Waals surface area contributed by atoms with Crippen LogP contribution in [-0.4, -0.2) is 91.5 Å². The zero-order valence-electron chi connectivity index (χ0n) is 32.4. The van der Waals surface area contributed by atoms with Gasteiger partial charge in [-0.1, -0.05) is 43.2 Å². The Morgan fingerprint density at radius 2 is 1.77 bits per heavy atom. The van der Waals surface area contributed by atoms with Crippen molar-refractivity contribution in [3.63, 3.8) is 0 Å². The molecule has 3 aromatic rings. The number of ether oxygens (including phenoxy) is 1. The van der Waals surface area contributed by atoms with Crippen LogP contribution in [0.1, 0.15) is 66.4 Å².